The summed E-state index contributed by atoms with van der Waals surface area (Å²) in [5, 5.41) is 0.0611. The molecule has 0 radical (unpaired) electrons. The quantitative estimate of drug-likeness (QED) is 0.773. The second kappa shape index (κ2) is 4.63. The van der Waals surface area contributed by atoms with E-state index in [1.807, 2.05) is 0 Å². The number of nitrogens with zero attached hydrogens (tertiary/aromatic N) is 2. The molecule has 0 amide bonds. The zero-order chi connectivity index (χ0) is 12.4. The summed E-state index contributed by atoms with van der Waals surface area (Å²) in [4.78, 5) is 15.2. The summed E-state index contributed by atoms with van der Waals surface area (Å²) in [6, 6.07) is 4.90. The number of hydrogen-bond acceptors (Lipinski definition) is 2. The Balaban J connectivity index is 2.38. The zero-order valence-corrected chi connectivity index (χ0v) is 9.29. The molecule has 0 atom stereocenters. The van der Waals surface area contributed by atoms with Crippen LogP contribution in [0.25, 0.3) is 0 Å². The van der Waals surface area contributed by atoms with Gasteiger partial charge in [0, 0.05) is 11.6 Å². The van der Waals surface area contributed by atoms with E-state index in [2.05, 4.69) is 4.98 Å². The second-order valence-electron chi connectivity index (χ2n) is 3.39. The van der Waals surface area contributed by atoms with Gasteiger partial charge in [-0.25, -0.2) is 13.8 Å². The van der Waals surface area contributed by atoms with Crippen molar-refractivity contribution >= 4 is 11.6 Å². The molecule has 0 fully saturated rings. The molecule has 1 aromatic heterocycles. The lowest BCUT2D eigenvalue weighted by molar-refractivity contribution is 0.494. The molecular formula is C11H7ClF2N2O. The smallest absolute Gasteiger partial charge is 0.255 e. The summed E-state index contributed by atoms with van der Waals surface area (Å²) in [5.41, 5.74) is -0.343. The van der Waals surface area contributed by atoms with Gasteiger partial charge in [0.15, 0.2) is 11.6 Å². The van der Waals surface area contributed by atoms with Crippen molar-refractivity contribution < 1.29 is 8.78 Å². The lowest BCUT2D eigenvalue weighted by Crippen LogP contribution is -2.20. The van der Waals surface area contributed by atoms with Crippen LogP contribution in [0.3, 0.4) is 0 Å². The minimum atomic E-state index is -0.964. The molecule has 0 spiro atoms. The Morgan fingerprint density at radius 1 is 1.35 bits per heavy atom. The van der Waals surface area contributed by atoms with Crippen molar-refractivity contribution in [1.29, 1.82) is 0 Å². The predicted molar refractivity (Wildman–Crippen MR) is 59.0 cm³/mol. The largest absolute Gasteiger partial charge is 0.295 e. The van der Waals surface area contributed by atoms with Gasteiger partial charge in [0.05, 0.1) is 12.9 Å². The molecule has 0 saturated heterocycles. The molecule has 0 N–H and O–H groups in total. The van der Waals surface area contributed by atoms with Gasteiger partial charge in [0.25, 0.3) is 5.56 Å². The number of aromatic nitrogens is 2. The van der Waals surface area contributed by atoms with Crippen molar-refractivity contribution in [3.63, 3.8) is 0 Å². The summed E-state index contributed by atoms with van der Waals surface area (Å²) in [5.74, 6) is -1.91. The minimum absolute atomic E-state index is 0.0611. The van der Waals surface area contributed by atoms with Crippen molar-refractivity contribution in [3.05, 3.63) is 63.3 Å². The molecular weight excluding hydrogens is 250 g/mol. The third kappa shape index (κ3) is 2.50. The fraction of sp³-hybridized carbons (Fsp3) is 0.0909. The van der Waals surface area contributed by atoms with E-state index < -0.39 is 17.2 Å². The maximum atomic E-state index is 13.4. The van der Waals surface area contributed by atoms with E-state index in [0.717, 1.165) is 16.7 Å². The predicted octanol–water partition coefficient (Wildman–Crippen LogP) is 2.22. The van der Waals surface area contributed by atoms with E-state index in [1.165, 1.54) is 18.5 Å². The molecule has 0 saturated carbocycles. The molecule has 0 aliphatic heterocycles. The first-order chi connectivity index (χ1) is 8.08. The van der Waals surface area contributed by atoms with E-state index in [-0.39, 0.29) is 17.3 Å². The van der Waals surface area contributed by atoms with E-state index >= 15 is 0 Å². The topological polar surface area (TPSA) is 34.9 Å². The van der Waals surface area contributed by atoms with Crippen molar-refractivity contribution in [1.82, 2.24) is 9.55 Å². The summed E-state index contributed by atoms with van der Waals surface area (Å²) in [6.45, 7) is -0.0907. The highest BCUT2D eigenvalue weighted by molar-refractivity contribution is 6.29. The maximum Gasteiger partial charge on any atom is 0.255 e. The van der Waals surface area contributed by atoms with Gasteiger partial charge in [-0.05, 0) is 6.07 Å². The molecule has 0 unspecified atom stereocenters. The van der Waals surface area contributed by atoms with Crippen LogP contribution in [0, 0.1) is 11.6 Å². The van der Waals surface area contributed by atoms with Gasteiger partial charge in [-0.15, -0.1) is 0 Å². The molecule has 88 valence electrons. The minimum Gasteiger partial charge on any atom is -0.295 e. The lowest BCUT2D eigenvalue weighted by atomic mass is 10.2. The highest BCUT2D eigenvalue weighted by atomic mass is 35.5. The van der Waals surface area contributed by atoms with Crippen LogP contribution in [0.2, 0.25) is 5.15 Å². The molecule has 6 heteroatoms. The number of halogens is 3. The van der Waals surface area contributed by atoms with Crippen LogP contribution < -0.4 is 5.56 Å². The van der Waals surface area contributed by atoms with Crippen LogP contribution in [0.15, 0.2) is 35.4 Å². The molecule has 17 heavy (non-hydrogen) atoms. The summed E-state index contributed by atoms with van der Waals surface area (Å²) in [7, 11) is 0. The van der Waals surface area contributed by atoms with Gasteiger partial charge in [-0.3, -0.25) is 9.36 Å². The second-order valence-corrected chi connectivity index (χ2v) is 3.78. The van der Waals surface area contributed by atoms with Gasteiger partial charge < -0.3 is 0 Å². The van der Waals surface area contributed by atoms with Crippen LogP contribution in [0.1, 0.15) is 5.56 Å². The highest BCUT2D eigenvalue weighted by Gasteiger charge is 2.08. The Kier molecular flexibility index (Phi) is 3.19. The Morgan fingerprint density at radius 2 is 2.12 bits per heavy atom. The summed E-state index contributed by atoms with van der Waals surface area (Å²) in [6.07, 6.45) is 1.19. The first-order valence-corrected chi connectivity index (χ1v) is 5.10. The molecule has 2 rings (SSSR count). The molecule has 0 bridgehead atoms. The van der Waals surface area contributed by atoms with Gasteiger partial charge in [0.1, 0.15) is 5.15 Å². The van der Waals surface area contributed by atoms with Crippen molar-refractivity contribution in [2.75, 3.05) is 0 Å². The number of rotatable bonds is 2. The Labute approximate surface area is 100 Å². The number of benzene rings is 1. The van der Waals surface area contributed by atoms with Gasteiger partial charge in [-0.1, -0.05) is 23.7 Å². The third-order valence-electron chi connectivity index (χ3n) is 2.22. The fourth-order valence-electron chi connectivity index (χ4n) is 1.38. The Morgan fingerprint density at radius 3 is 2.82 bits per heavy atom. The Bertz CT molecular complexity index is 613. The molecule has 3 nitrogen and oxygen atoms in total. The van der Waals surface area contributed by atoms with E-state index in [4.69, 9.17) is 11.6 Å². The van der Waals surface area contributed by atoms with Crippen LogP contribution in [0.5, 0.6) is 0 Å². The number of hydrogen-bond donors (Lipinski definition) is 0. The molecule has 1 aromatic carbocycles. The van der Waals surface area contributed by atoms with Crippen molar-refractivity contribution in [2.24, 2.45) is 0 Å². The van der Waals surface area contributed by atoms with E-state index in [9.17, 15) is 13.6 Å². The van der Waals surface area contributed by atoms with Crippen LogP contribution in [0.4, 0.5) is 8.78 Å². The average Bonchev–Trinajstić information content (AvgIpc) is 2.28. The van der Waals surface area contributed by atoms with E-state index in [0.29, 0.717) is 0 Å². The maximum absolute atomic E-state index is 13.4. The molecule has 0 aliphatic rings. The molecule has 1 heterocycles. The van der Waals surface area contributed by atoms with Crippen molar-refractivity contribution in [2.45, 2.75) is 6.54 Å². The SMILES string of the molecule is O=c1cc(Cl)ncn1Cc1cccc(F)c1F. The average molecular weight is 257 g/mol. The van der Waals surface area contributed by atoms with E-state index in [1.54, 1.807) is 0 Å². The fourth-order valence-corrected chi connectivity index (χ4v) is 1.51. The highest BCUT2D eigenvalue weighted by Crippen LogP contribution is 2.12. The van der Waals surface area contributed by atoms with Crippen LogP contribution in [-0.2, 0) is 6.54 Å². The summed E-state index contributed by atoms with van der Waals surface area (Å²) < 4.78 is 27.5. The molecule has 0 aliphatic carbocycles. The lowest BCUT2D eigenvalue weighted by Gasteiger charge is -2.06. The zero-order valence-electron chi connectivity index (χ0n) is 8.53. The monoisotopic (exact) mass is 256 g/mol. The van der Waals surface area contributed by atoms with Crippen LogP contribution >= 0.6 is 11.6 Å². The third-order valence-corrected chi connectivity index (χ3v) is 2.43. The Hall–Kier alpha value is -1.75. The normalized spacial score (nSPS) is 10.5. The van der Waals surface area contributed by atoms with Gasteiger partial charge >= 0.3 is 0 Å². The first-order valence-electron chi connectivity index (χ1n) is 4.73. The van der Waals surface area contributed by atoms with Crippen molar-refractivity contribution in [3.8, 4) is 0 Å². The first kappa shape index (κ1) is 11.7. The summed E-state index contributed by atoms with van der Waals surface area (Å²) >= 11 is 5.52. The van der Waals surface area contributed by atoms with Gasteiger partial charge in [-0.2, -0.15) is 0 Å². The van der Waals surface area contributed by atoms with Crippen LogP contribution in [-0.4, -0.2) is 9.55 Å². The molecule has 2 aromatic rings. The van der Waals surface area contributed by atoms with Gasteiger partial charge in [0.2, 0.25) is 0 Å². The standard InChI is InChI=1S/C11H7ClF2N2O/c12-9-4-10(17)16(6-15-9)5-7-2-1-3-8(13)11(7)14/h1-4,6H,5H2.